The normalized spacial score (nSPS) is 32.2. The van der Waals surface area contributed by atoms with Gasteiger partial charge in [-0.3, -0.25) is 0 Å². The third kappa shape index (κ3) is 3.69. The Hall–Kier alpha value is -1.51. The van der Waals surface area contributed by atoms with Gasteiger partial charge < -0.3 is 9.47 Å². The van der Waals surface area contributed by atoms with Crippen molar-refractivity contribution in [1.82, 2.24) is 0 Å². The highest BCUT2D eigenvalue weighted by Gasteiger charge is 2.58. The van der Waals surface area contributed by atoms with Crippen molar-refractivity contribution in [2.24, 2.45) is 23.2 Å². The molecule has 1 aromatic rings. The summed E-state index contributed by atoms with van der Waals surface area (Å²) in [4.78, 5) is 12.6. The van der Waals surface area contributed by atoms with E-state index in [4.69, 9.17) is 9.47 Å². The van der Waals surface area contributed by atoms with E-state index in [-0.39, 0.29) is 18.0 Å². The van der Waals surface area contributed by atoms with Gasteiger partial charge in [0.15, 0.2) is 6.61 Å². The van der Waals surface area contributed by atoms with Gasteiger partial charge >= 0.3 is 5.97 Å². The summed E-state index contributed by atoms with van der Waals surface area (Å²) in [6.45, 7) is 8.67. The van der Waals surface area contributed by atoms with Crippen molar-refractivity contribution in [3.05, 3.63) is 29.8 Å². The summed E-state index contributed by atoms with van der Waals surface area (Å²) in [7, 11) is 0. The molecule has 4 aliphatic carbocycles. The SMILES string of the molecule is CCC(C)c1ccc(OCC(=O)OC(C)(C)C23CC4CC(CC(C4)C2)C3)cc1. The lowest BCUT2D eigenvalue weighted by atomic mass is 9.46. The van der Waals surface area contributed by atoms with Gasteiger partial charge in [0.05, 0.1) is 0 Å². The van der Waals surface area contributed by atoms with E-state index >= 15 is 0 Å². The number of hydrogen-bond donors (Lipinski definition) is 0. The minimum atomic E-state index is -0.413. The summed E-state index contributed by atoms with van der Waals surface area (Å²) in [6.07, 6.45) is 9.02. The third-order valence-corrected chi connectivity index (χ3v) is 8.10. The molecule has 154 valence electrons. The van der Waals surface area contributed by atoms with E-state index < -0.39 is 5.60 Å². The second-order valence-corrected chi connectivity index (χ2v) is 10.3. The first-order valence-electron chi connectivity index (χ1n) is 11.2. The van der Waals surface area contributed by atoms with Crippen molar-refractivity contribution in [3.8, 4) is 5.75 Å². The number of benzene rings is 1. The highest BCUT2D eigenvalue weighted by molar-refractivity contribution is 5.71. The van der Waals surface area contributed by atoms with E-state index in [9.17, 15) is 4.79 Å². The average Bonchev–Trinajstić information content (AvgIpc) is 2.64. The molecule has 1 unspecified atom stereocenters. The highest BCUT2D eigenvalue weighted by atomic mass is 16.6. The van der Waals surface area contributed by atoms with Crippen molar-refractivity contribution < 1.29 is 14.3 Å². The lowest BCUT2D eigenvalue weighted by Crippen LogP contribution is -2.57. The maximum absolute atomic E-state index is 12.6. The third-order valence-electron chi connectivity index (χ3n) is 8.10. The number of carbonyl (C=O) groups excluding carboxylic acids is 1. The van der Waals surface area contributed by atoms with Crippen LogP contribution in [0.5, 0.6) is 5.75 Å². The Labute approximate surface area is 170 Å². The van der Waals surface area contributed by atoms with Crippen molar-refractivity contribution >= 4 is 5.97 Å². The van der Waals surface area contributed by atoms with E-state index in [1.54, 1.807) is 0 Å². The van der Waals surface area contributed by atoms with Gasteiger partial charge in [0.1, 0.15) is 11.4 Å². The van der Waals surface area contributed by atoms with Gasteiger partial charge in [-0.2, -0.15) is 0 Å². The van der Waals surface area contributed by atoms with E-state index in [1.807, 2.05) is 12.1 Å². The van der Waals surface area contributed by atoms with Crippen LogP contribution < -0.4 is 4.74 Å². The monoisotopic (exact) mass is 384 g/mol. The van der Waals surface area contributed by atoms with Gasteiger partial charge in [-0.05, 0) is 100 Å². The first-order valence-corrected chi connectivity index (χ1v) is 11.2. The molecule has 1 aromatic carbocycles. The molecule has 5 rings (SSSR count). The van der Waals surface area contributed by atoms with Gasteiger partial charge in [-0.15, -0.1) is 0 Å². The summed E-state index contributed by atoms with van der Waals surface area (Å²) < 4.78 is 11.8. The molecule has 0 heterocycles. The molecule has 0 radical (unpaired) electrons. The van der Waals surface area contributed by atoms with Gasteiger partial charge in [-0.25, -0.2) is 4.79 Å². The van der Waals surface area contributed by atoms with Crippen LogP contribution in [0.3, 0.4) is 0 Å². The molecule has 0 aromatic heterocycles. The number of rotatable bonds is 7. The van der Waals surface area contributed by atoms with Crippen LogP contribution in [0.1, 0.15) is 84.1 Å². The number of esters is 1. The largest absolute Gasteiger partial charge is 0.482 e. The van der Waals surface area contributed by atoms with Crippen molar-refractivity contribution in [1.29, 1.82) is 0 Å². The minimum Gasteiger partial charge on any atom is -0.482 e. The van der Waals surface area contributed by atoms with E-state index in [0.29, 0.717) is 5.92 Å². The fourth-order valence-corrected chi connectivity index (χ4v) is 6.54. The van der Waals surface area contributed by atoms with Gasteiger partial charge in [0.2, 0.25) is 0 Å². The average molecular weight is 385 g/mol. The van der Waals surface area contributed by atoms with Gasteiger partial charge in [0.25, 0.3) is 0 Å². The second-order valence-electron chi connectivity index (χ2n) is 10.3. The molecule has 0 N–H and O–H groups in total. The van der Waals surface area contributed by atoms with Crippen LogP contribution in [-0.2, 0) is 9.53 Å². The quantitative estimate of drug-likeness (QED) is 0.532. The molecule has 1 atom stereocenters. The van der Waals surface area contributed by atoms with Crippen LogP contribution in [-0.4, -0.2) is 18.2 Å². The molecule has 0 aliphatic heterocycles. The lowest BCUT2D eigenvalue weighted by molar-refractivity contribution is -0.200. The standard InChI is InChI=1S/C25H36O3/c1-5-17(2)21-6-8-22(9-7-21)27-16-23(26)28-24(3,4)25-13-18-10-19(14-25)12-20(11-18)15-25/h6-9,17-20H,5,10-16H2,1-4H3. The fourth-order valence-electron chi connectivity index (χ4n) is 6.54. The summed E-state index contributed by atoms with van der Waals surface area (Å²) in [5.74, 6) is 3.59. The number of hydrogen-bond acceptors (Lipinski definition) is 3. The topological polar surface area (TPSA) is 35.5 Å². The van der Waals surface area contributed by atoms with E-state index in [2.05, 4.69) is 39.8 Å². The Morgan fingerprint density at radius 2 is 1.61 bits per heavy atom. The van der Waals surface area contributed by atoms with Crippen molar-refractivity contribution in [2.75, 3.05) is 6.61 Å². The van der Waals surface area contributed by atoms with Crippen LogP contribution in [0.15, 0.2) is 24.3 Å². The molecule has 4 aliphatic rings. The first kappa shape index (κ1) is 19.8. The second kappa shape index (κ2) is 7.39. The van der Waals surface area contributed by atoms with Crippen LogP contribution in [0.25, 0.3) is 0 Å². The maximum atomic E-state index is 12.6. The first-order chi connectivity index (χ1) is 13.3. The van der Waals surface area contributed by atoms with Crippen molar-refractivity contribution in [3.63, 3.8) is 0 Å². The molecule has 0 amide bonds. The molecule has 3 nitrogen and oxygen atoms in total. The molecule has 0 spiro atoms. The lowest BCUT2D eigenvalue weighted by Gasteiger charge is -2.61. The predicted molar refractivity (Wildman–Crippen MR) is 111 cm³/mol. The Morgan fingerprint density at radius 1 is 1.07 bits per heavy atom. The van der Waals surface area contributed by atoms with E-state index in [0.717, 1.165) is 29.9 Å². The minimum absolute atomic E-state index is 0.0154. The van der Waals surface area contributed by atoms with Gasteiger partial charge in [0, 0.05) is 5.41 Å². The predicted octanol–water partition coefficient (Wildman–Crippen LogP) is 6.12. The Kier molecular flexibility index (Phi) is 5.22. The van der Waals surface area contributed by atoms with Crippen LogP contribution in [0.4, 0.5) is 0 Å². The number of ether oxygens (including phenoxy) is 2. The molecule has 4 fully saturated rings. The number of carbonyl (C=O) groups is 1. The van der Waals surface area contributed by atoms with Crippen LogP contribution in [0.2, 0.25) is 0 Å². The molecule has 0 saturated heterocycles. The Morgan fingerprint density at radius 3 is 2.11 bits per heavy atom. The smallest absolute Gasteiger partial charge is 0.344 e. The Bertz CT molecular complexity index is 668. The van der Waals surface area contributed by atoms with E-state index in [1.165, 1.54) is 44.1 Å². The zero-order chi connectivity index (χ0) is 19.9. The summed E-state index contributed by atoms with van der Waals surface area (Å²) >= 11 is 0. The van der Waals surface area contributed by atoms with Crippen LogP contribution in [0, 0.1) is 23.2 Å². The fraction of sp³-hybridized carbons (Fsp3) is 0.720. The zero-order valence-corrected chi connectivity index (χ0v) is 18.0. The van der Waals surface area contributed by atoms with Crippen LogP contribution >= 0.6 is 0 Å². The Balaban J connectivity index is 1.34. The molecule has 28 heavy (non-hydrogen) atoms. The highest BCUT2D eigenvalue weighted by Crippen LogP contribution is 2.64. The summed E-state index contributed by atoms with van der Waals surface area (Å²) in [5, 5.41) is 0. The van der Waals surface area contributed by atoms with Gasteiger partial charge in [-0.1, -0.05) is 26.0 Å². The maximum Gasteiger partial charge on any atom is 0.344 e. The molecule has 4 bridgehead atoms. The molecular formula is C25H36O3. The molecular weight excluding hydrogens is 348 g/mol. The zero-order valence-electron chi connectivity index (χ0n) is 18.0. The summed E-state index contributed by atoms with van der Waals surface area (Å²) in [5.41, 5.74) is 1.07. The molecule has 3 heteroatoms. The molecule has 4 saturated carbocycles. The van der Waals surface area contributed by atoms with Crippen molar-refractivity contribution in [2.45, 2.75) is 84.2 Å². The summed E-state index contributed by atoms with van der Waals surface area (Å²) in [6, 6.07) is 8.10.